The van der Waals surface area contributed by atoms with E-state index in [-0.39, 0.29) is 6.10 Å². The molecule has 1 saturated heterocycles. The molecule has 1 aromatic carbocycles. The Bertz CT molecular complexity index is 407. The molecule has 0 bridgehead atoms. The van der Waals surface area contributed by atoms with Gasteiger partial charge in [-0.25, -0.2) is 0 Å². The van der Waals surface area contributed by atoms with E-state index in [1.165, 1.54) is 5.56 Å². The normalized spacial score (nSPS) is 25.0. The van der Waals surface area contributed by atoms with Crippen molar-refractivity contribution in [1.29, 1.82) is 0 Å². The lowest BCUT2D eigenvalue weighted by molar-refractivity contribution is 0.0274. The van der Waals surface area contributed by atoms with Gasteiger partial charge in [-0.05, 0) is 37.1 Å². The summed E-state index contributed by atoms with van der Waals surface area (Å²) in [7, 11) is 5.59. The first-order valence-corrected chi connectivity index (χ1v) is 7.21. The topological polar surface area (TPSA) is 47.7 Å². The van der Waals surface area contributed by atoms with Gasteiger partial charge in [0.25, 0.3) is 0 Å². The molecule has 3 unspecified atom stereocenters. The van der Waals surface area contributed by atoms with Crippen molar-refractivity contribution in [1.82, 2.24) is 4.90 Å². The van der Waals surface area contributed by atoms with Crippen molar-refractivity contribution < 1.29 is 9.47 Å². The summed E-state index contributed by atoms with van der Waals surface area (Å²) in [6, 6.07) is 9.19. The number of hydrogen-bond acceptors (Lipinski definition) is 4. The second-order valence-corrected chi connectivity index (χ2v) is 5.64. The number of nitrogens with zero attached hydrogens (tertiary/aromatic N) is 1. The molecule has 2 N–H and O–H groups in total. The average molecular weight is 278 g/mol. The van der Waals surface area contributed by atoms with E-state index in [1.807, 2.05) is 0 Å². The van der Waals surface area contributed by atoms with Gasteiger partial charge < -0.3 is 15.2 Å². The molecule has 1 aliphatic heterocycles. The molecule has 0 aliphatic carbocycles. The molecule has 2 rings (SSSR count). The minimum Gasteiger partial charge on any atom is -0.382 e. The Morgan fingerprint density at radius 1 is 1.30 bits per heavy atom. The summed E-state index contributed by atoms with van der Waals surface area (Å²) >= 11 is 0. The van der Waals surface area contributed by atoms with Crippen molar-refractivity contribution in [3.8, 4) is 0 Å². The standard InChI is InChI=1S/C16H26N2O2/c1-18-10-12(9-17)8-15(18)13-4-6-14(7-5-13)16(20-3)11-19-2/h4-7,12,15-16H,8-11,17H2,1-3H3. The van der Waals surface area contributed by atoms with Crippen LogP contribution in [0, 0.1) is 5.92 Å². The zero-order valence-electron chi connectivity index (χ0n) is 12.7. The summed E-state index contributed by atoms with van der Waals surface area (Å²) < 4.78 is 10.6. The van der Waals surface area contributed by atoms with E-state index >= 15 is 0 Å². The van der Waals surface area contributed by atoms with Gasteiger partial charge in [0.05, 0.1) is 6.61 Å². The van der Waals surface area contributed by atoms with Gasteiger partial charge in [-0.3, -0.25) is 4.90 Å². The lowest BCUT2D eigenvalue weighted by Crippen LogP contribution is -2.20. The van der Waals surface area contributed by atoms with E-state index in [0.29, 0.717) is 18.6 Å². The quantitative estimate of drug-likeness (QED) is 0.864. The van der Waals surface area contributed by atoms with Crippen molar-refractivity contribution in [3.05, 3.63) is 35.4 Å². The average Bonchev–Trinajstić information content (AvgIpc) is 2.86. The fourth-order valence-electron chi connectivity index (χ4n) is 3.05. The van der Waals surface area contributed by atoms with E-state index in [1.54, 1.807) is 14.2 Å². The second-order valence-electron chi connectivity index (χ2n) is 5.64. The molecular formula is C16H26N2O2. The van der Waals surface area contributed by atoms with Crippen LogP contribution in [0.1, 0.15) is 29.7 Å². The summed E-state index contributed by atoms with van der Waals surface area (Å²) in [6.07, 6.45) is 1.16. The second kappa shape index (κ2) is 7.18. The Morgan fingerprint density at radius 3 is 2.50 bits per heavy atom. The Hall–Kier alpha value is -0.940. The molecule has 4 heteroatoms. The zero-order valence-corrected chi connectivity index (χ0v) is 12.7. The first-order valence-electron chi connectivity index (χ1n) is 7.21. The Balaban J connectivity index is 2.08. The molecule has 112 valence electrons. The molecule has 1 aromatic rings. The van der Waals surface area contributed by atoms with Crippen molar-refractivity contribution in [3.63, 3.8) is 0 Å². The van der Waals surface area contributed by atoms with Gasteiger partial charge in [0, 0.05) is 26.8 Å². The van der Waals surface area contributed by atoms with Crippen LogP contribution in [0.5, 0.6) is 0 Å². The Labute approximate surface area is 121 Å². The van der Waals surface area contributed by atoms with Crippen molar-refractivity contribution in [2.75, 3.05) is 41.0 Å². The van der Waals surface area contributed by atoms with Crippen molar-refractivity contribution in [2.24, 2.45) is 11.7 Å². The van der Waals surface area contributed by atoms with Crippen LogP contribution in [-0.2, 0) is 9.47 Å². The molecule has 1 aliphatic rings. The molecule has 0 amide bonds. The zero-order chi connectivity index (χ0) is 14.5. The molecular weight excluding hydrogens is 252 g/mol. The van der Waals surface area contributed by atoms with E-state index in [0.717, 1.165) is 25.1 Å². The fraction of sp³-hybridized carbons (Fsp3) is 0.625. The molecule has 0 aromatic heterocycles. The predicted molar refractivity (Wildman–Crippen MR) is 80.6 cm³/mol. The van der Waals surface area contributed by atoms with E-state index < -0.39 is 0 Å². The Morgan fingerprint density at radius 2 is 2.00 bits per heavy atom. The van der Waals surface area contributed by atoms with Crippen LogP contribution >= 0.6 is 0 Å². The number of nitrogens with two attached hydrogens (primary N) is 1. The Kier molecular flexibility index (Phi) is 5.54. The highest BCUT2D eigenvalue weighted by Gasteiger charge is 2.29. The highest BCUT2D eigenvalue weighted by molar-refractivity contribution is 5.27. The minimum atomic E-state index is 0.00662. The SMILES string of the molecule is COCC(OC)c1ccc(C2CC(CN)CN2C)cc1. The number of hydrogen-bond donors (Lipinski definition) is 1. The van der Waals surface area contributed by atoms with Crippen LogP contribution in [-0.4, -0.2) is 45.9 Å². The maximum Gasteiger partial charge on any atom is 0.105 e. The van der Waals surface area contributed by atoms with Crippen LogP contribution in [0.2, 0.25) is 0 Å². The van der Waals surface area contributed by atoms with Crippen LogP contribution < -0.4 is 5.73 Å². The highest BCUT2D eigenvalue weighted by atomic mass is 16.5. The molecule has 20 heavy (non-hydrogen) atoms. The third kappa shape index (κ3) is 3.38. The highest BCUT2D eigenvalue weighted by Crippen LogP contribution is 2.34. The molecule has 0 radical (unpaired) electrons. The molecule has 0 spiro atoms. The summed E-state index contributed by atoms with van der Waals surface area (Å²) in [4.78, 5) is 2.40. The molecule has 4 nitrogen and oxygen atoms in total. The number of benzene rings is 1. The first kappa shape index (κ1) is 15.4. The largest absolute Gasteiger partial charge is 0.382 e. The number of ether oxygens (including phenoxy) is 2. The van der Waals surface area contributed by atoms with Gasteiger partial charge in [-0.2, -0.15) is 0 Å². The predicted octanol–water partition coefficient (Wildman–Crippen LogP) is 1.97. The van der Waals surface area contributed by atoms with Gasteiger partial charge in [-0.15, -0.1) is 0 Å². The molecule has 3 atom stereocenters. The maximum absolute atomic E-state index is 5.79. The number of rotatable bonds is 6. The van der Waals surface area contributed by atoms with Gasteiger partial charge in [-0.1, -0.05) is 24.3 Å². The fourth-order valence-corrected chi connectivity index (χ4v) is 3.05. The third-order valence-electron chi connectivity index (χ3n) is 4.26. The first-order chi connectivity index (χ1) is 9.69. The van der Waals surface area contributed by atoms with Gasteiger partial charge in [0.2, 0.25) is 0 Å². The summed E-state index contributed by atoms with van der Waals surface area (Å²) in [5.74, 6) is 0.616. The van der Waals surface area contributed by atoms with Crippen molar-refractivity contribution in [2.45, 2.75) is 18.6 Å². The molecule has 1 fully saturated rings. The maximum atomic E-state index is 5.79. The van der Waals surface area contributed by atoms with E-state index in [4.69, 9.17) is 15.2 Å². The van der Waals surface area contributed by atoms with Crippen LogP contribution in [0.25, 0.3) is 0 Å². The summed E-state index contributed by atoms with van der Waals surface area (Å²) in [6.45, 7) is 2.44. The van der Waals surface area contributed by atoms with Crippen molar-refractivity contribution >= 4 is 0 Å². The van der Waals surface area contributed by atoms with Gasteiger partial charge >= 0.3 is 0 Å². The van der Waals surface area contributed by atoms with E-state index in [9.17, 15) is 0 Å². The number of methoxy groups -OCH3 is 2. The monoisotopic (exact) mass is 278 g/mol. The smallest absolute Gasteiger partial charge is 0.105 e. The number of likely N-dealkylation sites (tertiary alicyclic amines) is 1. The van der Waals surface area contributed by atoms with Crippen LogP contribution in [0.15, 0.2) is 24.3 Å². The van der Waals surface area contributed by atoms with E-state index in [2.05, 4.69) is 36.2 Å². The lowest BCUT2D eigenvalue weighted by atomic mass is 9.98. The van der Waals surface area contributed by atoms with Gasteiger partial charge in [0.1, 0.15) is 6.10 Å². The molecule has 1 heterocycles. The third-order valence-corrected chi connectivity index (χ3v) is 4.26. The summed E-state index contributed by atoms with van der Waals surface area (Å²) in [5.41, 5.74) is 8.32. The molecule has 0 saturated carbocycles. The summed E-state index contributed by atoms with van der Waals surface area (Å²) in [5, 5.41) is 0. The minimum absolute atomic E-state index is 0.00662. The van der Waals surface area contributed by atoms with Crippen LogP contribution in [0.3, 0.4) is 0 Å². The van der Waals surface area contributed by atoms with Gasteiger partial charge in [0.15, 0.2) is 0 Å². The van der Waals surface area contributed by atoms with Crippen LogP contribution in [0.4, 0.5) is 0 Å². The lowest BCUT2D eigenvalue weighted by Gasteiger charge is -2.21.